The Hall–Kier alpha value is -2.18. The third kappa shape index (κ3) is 3.64. The molecule has 100 valence electrons. The van der Waals surface area contributed by atoms with E-state index >= 15 is 0 Å². The van der Waals surface area contributed by atoms with Crippen LogP contribution >= 0.6 is 0 Å². The molecule has 1 aromatic rings. The van der Waals surface area contributed by atoms with E-state index in [2.05, 4.69) is 20.3 Å². The molecular weight excluding hydrogens is 257 g/mol. The Bertz CT molecular complexity index is 518. The standard InChI is InChI=1S/C12H11F3N4/c13-12(14,15)9-2-1-4-18-11(19-5-3-9)10-8-16-6-7-17-10/h1-3,6-8H,4-5H2,(H,18,19)/b2-1-,9-3+. The largest absolute Gasteiger partial charge is 0.416 e. The number of allylic oxidation sites excluding steroid dienone is 2. The molecule has 2 heterocycles. The second-order valence-corrected chi connectivity index (χ2v) is 3.72. The molecule has 1 aliphatic heterocycles. The number of hydrogen-bond acceptors (Lipinski definition) is 4. The highest BCUT2D eigenvalue weighted by atomic mass is 19.4. The first-order chi connectivity index (χ1) is 9.07. The third-order valence-electron chi connectivity index (χ3n) is 2.38. The number of hydrogen-bond donors (Lipinski definition) is 1. The van der Waals surface area contributed by atoms with Gasteiger partial charge in [-0.15, -0.1) is 0 Å². The molecule has 7 heteroatoms. The summed E-state index contributed by atoms with van der Waals surface area (Å²) in [6.07, 6.45) is 3.64. The molecule has 0 saturated heterocycles. The molecule has 0 saturated carbocycles. The molecule has 1 aliphatic rings. The van der Waals surface area contributed by atoms with Crippen LogP contribution in [0.15, 0.2) is 47.4 Å². The van der Waals surface area contributed by atoms with Crippen LogP contribution in [-0.4, -0.2) is 35.1 Å². The number of nitrogens with one attached hydrogen (secondary N) is 1. The fourth-order valence-electron chi connectivity index (χ4n) is 1.51. The van der Waals surface area contributed by atoms with Crippen molar-refractivity contribution in [1.29, 1.82) is 0 Å². The van der Waals surface area contributed by atoms with Crippen LogP contribution in [0.2, 0.25) is 0 Å². The summed E-state index contributed by atoms with van der Waals surface area (Å²) in [5.74, 6) is 0.428. The van der Waals surface area contributed by atoms with Gasteiger partial charge in [-0.3, -0.25) is 9.98 Å². The van der Waals surface area contributed by atoms with Gasteiger partial charge in [0.15, 0.2) is 0 Å². The Kier molecular flexibility index (Phi) is 3.94. The molecule has 0 bridgehead atoms. The zero-order chi connectivity index (χ0) is 13.7. The normalized spacial score (nSPS) is 21.0. The zero-order valence-electron chi connectivity index (χ0n) is 9.85. The van der Waals surface area contributed by atoms with Gasteiger partial charge in [0.05, 0.1) is 18.3 Å². The fourth-order valence-corrected chi connectivity index (χ4v) is 1.51. The summed E-state index contributed by atoms with van der Waals surface area (Å²) in [5, 5.41) is 2.81. The van der Waals surface area contributed by atoms with E-state index in [-0.39, 0.29) is 13.1 Å². The molecule has 0 aliphatic carbocycles. The summed E-state index contributed by atoms with van der Waals surface area (Å²) in [4.78, 5) is 12.1. The quantitative estimate of drug-likeness (QED) is 0.846. The van der Waals surface area contributed by atoms with Crippen LogP contribution in [0.25, 0.3) is 0 Å². The first-order valence-electron chi connectivity index (χ1n) is 5.56. The lowest BCUT2D eigenvalue weighted by molar-refractivity contribution is -0.0883. The smallest absolute Gasteiger partial charge is 0.365 e. The second kappa shape index (κ2) is 5.64. The number of halogens is 3. The van der Waals surface area contributed by atoms with Crippen LogP contribution in [0.5, 0.6) is 0 Å². The number of nitrogens with zero attached hydrogens (tertiary/aromatic N) is 3. The first kappa shape index (κ1) is 13.3. The van der Waals surface area contributed by atoms with E-state index in [1.54, 1.807) is 0 Å². The van der Waals surface area contributed by atoms with Crippen molar-refractivity contribution in [3.63, 3.8) is 0 Å². The lowest BCUT2D eigenvalue weighted by Gasteiger charge is -2.08. The molecule has 0 unspecified atom stereocenters. The number of amidine groups is 1. The van der Waals surface area contributed by atoms with Gasteiger partial charge in [0.2, 0.25) is 0 Å². The van der Waals surface area contributed by atoms with Gasteiger partial charge in [0.25, 0.3) is 0 Å². The average Bonchev–Trinajstić information content (AvgIpc) is 2.50. The molecular formula is C12H11F3N4. The van der Waals surface area contributed by atoms with E-state index in [1.165, 1.54) is 24.7 Å². The van der Waals surface area contributed by atoms with E-state index in [1.807, 2.05) is 0 Å². The highest BCUT2D eigenvalue weighted by Crippen LogP contribution is 2.26. The van der Waals surface area contributed by atoms with Crippen LogP contribution in [0.4, 0.5) is 13.2 Å². The number of aromatic nitrogens is 2. The minimum atomic E-state index is -4.35. The Morgan fingerprint density at radius 3 is 2.74 bits per heavy atom. The molecule has 2 rings (SSSR count). The van der Waals surface area contributed by atoms with E-state index < -0.39 is 11.7 Å². The molecule has 0 amide bonds. The van der Waals surface area contributed by atoms with Crippen molar-refractivity contribution >= 4 is 5.84 Å². The van der Waals surface area contributed by atoms with Gasteiger partial charge in [-0.2, -0.15) is 13.2 Å². The Labute approximate surface area is 107 Å². The average molecular weight is 268 g/mol. The first-order valence-corrected chi connectivity index (χ1v) is 5.56. The van der Waals surface area contributed by atoms with Gasteiger partial charge in [0, 0.05) is 18.9 Å². The van der Waals surface area contributed by atoms with Gasteiger partial charge >= 0.3 is 6.18 Å². The highest BCUT2D eigenvalue weighted by molar-refractivity contribution is 5.96. The van der Waals surface area contributed by atoms with Crippen molar-refractivity contribution in [1.82, 2.24) is 15.3 Å². The summed E-state index contributed by atoms with van der Waals surface area (Å²) >= 11 is 0. The summed E-state index contributed by atoms with van der Waals surface area (Å²) in [5.41, 5.74) is -0.185. The summed E-state index contributed by atoms with van der Waals surface area (Å²) in [6, 6.07) is 0. The molecule has 1 aromatic heterocycles. The number of aliphatic imine (C=N–C) groups is 1. The molecule has 0 radical (unpaired) electrons. The zero-order valence-corrected chi connectivity index (χ0v) is 9.85. The minimum Gasteiger partial charge on any atom is -0.365 e. The van der Waals surface area contributed by atoms with Gasteiger partial charge < -0.3 is 5.32 Å². The lowest BCUT2D eigenvalue weighted by atomic mass is 10.2. The minimum absolute atomic E-state index is 0.0224. The van der Waals surface area contributed by atoms with Gasteiger partial charge in [-0.25, -0.2) is 4.98 Å². The molecule has 0 fully saturated rings. The molecule has 4 nitrogen and oxygen atoms in total. The van der Waals surface area contributed by atoms with Crippen LogP contribution in [0.1, 0.15) is 5.69 Å². The van der Waals surface area contributed by atoms with Gasteiger partial charge in [-0.1, -0.05) is 18.2 Å². The monoisotopic (exact) mass is 268 g/mol. The third-order valence-corrected chi connectivity index (χ3v) is 2.38. The second-order valence-electron chi connectivity index (χ2n) is 3.72. The van der Waals surface area contributed by atoms with Crippen molar-refractivity contribution in [2.75, 3.05) is 13.1 Å². The van der Waals surface area contributed by atoms with E-state index in [4.69, 9.17) is 0 Å². The lowest BCUT2D eigenvalue weighted by Crippen LogP contribution is -2.26. The van der Waals surface area contributed by atoms with Crippen LogP contribution in [0.3, 0.4) is 0 Å². The van der Waals surface area contributed by atoms with Gasteiger partial charge in [-0.05, 0) is 0 Å². The maximum atomic E-state index is 12.6. The molecule has 0 atom stereocenters. The topological polar surface area (TPSA) is 50.2 Å². The fraction of sp³-hybridized carbons (Fsp3) is 0.250. The van der Waals surface area contributed by atoms with Gasteiger partial charge in [0.1, 0.15) is 11.5 Å². The van der Waals surface area contributed by atoms with Crippen molar-refractivity contribution in [2.45, 2.75) is 6.18 Å². The van der Waals surface area contributed by atoms with Crippen LogP contribution in [-0.2, 0) is 0 Å². The summed E-state index contributed by atoms with van der Waals surface area (Å²) in [7, 11) is 0. The number of alkyl halides is 3. The highest BCUT2D eigenvalue weighted by Gasteiger charge is 2.31. The SMILES string of the molecule is FC(F)(F)C1=C/CNC(c2cnccn2)=NC/C=C\1. The maximum Gasteiger partial charge on any atom is 0.416 e. The predicted molar refractivity (Wildman–Crippen MR) is 64.7 cm³/mol. The Morgan fingerprint density at radius 2 is 2.05 bits per heavy atom. The van der Waals surface area contributed by atoms with Crippen molar-refractivity contribution in [3.05, 3.63) is 48.1 Å². The van der Waals surface area contributed by atoms with Crippen molar-refractivity contribution < 1.29 is 13.2 Å². The molecule has 0 spiro atoms. The molecule has 1 N–H and O–H groups in total. The molecule has 0 aromatic carbocycles. The van der Waals surface area contributed by atoms with E-state index in [0.29, 0.717) is 11.5 Å². The molecule has 19 heavy (non-hydrogen) atoms. The summed E-state index contributed by atoms with van der Waals surface area (Å²) in [6.45, 7) is 0.168. The maximum absolute atomic E-state index is 12.6. The Morgan fingerprint density at radius 1 is 1.21 bits per heavy atom. The van der Waals surface area contributed by atoms with E-state index in [9.17, 15) is 13.2 Å². The van der Waals surface area contributed by atoms with Crippen LogP contribution in [0, 0.1) is 0 Å². The Balaban J connectivity index is 2.18. The van der Waals surface area contributed by atoms with Crippen molar-refractivity contribution in [3.8, 4) is 0 Å². The van der Waals surface area contributed by atoms with Crippen molar-refractivity contribution in [2.24, 2.45) is 4.99 Å². The number of rotatable bonds is 1. The summed E-state index contributed by atoms with van der Waals surface area (Å²) < 4.78 is 37.8. The van der Waals surface area contributed by atoms with Crippen LogP contribution < -0.4 is 5.32 Å². The van der Waals surface area contributed by atoms with E-state index in [0.717, 1.165) is 12.2 Å². The predicted octanol–water partition coefficient (Wildman–Crippen LogP) is 1.87.